The van der Waals surface area contributed by atoms with Gasteiger partial charge in [0, 0.05) is 12.1 Å². The molecule has 0 atom stereocenters. The van der Waals surface area contributed by atoms with Gasteiger partial charge in [-0.25, -0.2) is 4.98 Å². The molecule has 0 saturated heterocycles. The largest absolute Gasteiger partial charge is 0.380 e. The van der Waals surface area contributed by atoms with Crippen LogP contribution in [-0.4, -0.2) is 10.9 Å². The number of hydrogen-bond acceptors (Lipinski definition) is 3. The van der Waals surface area contributed by atoms with Crippen LogP contribution in [0.2, 0.25) is 5.15 Å². The highest BCUT2D eigenvalue weighted by Gasteiger charge is 2.02. The van der Waals surface area contributed by atoms with Gasteiger partial charge in [0.25, 0.3) is 0 Å². The van der Waals surface area contributed by atoms with Crippen molar-refractivity contribution < 1.29 is 4.79 Å². The second-order valence-electron chi connectivity index (χ2n) is 4.18. The summed E-state index contributed by atoms with van der Waals surface area (Å²) >= 11 is 5.80. The van der Waals surface area contributed by atoms with Crippen molar-refractivity contribution in [3.05, 3.63) is 58.4 Å². The van der Waals surface area contributed by atoms with Gasteiger partial charge in [-0.1, -0.05) is 23.7 Å². The van der Waals surface area contributed by atoms with Crippen molar-refractivity contribution in [3.63, 3.8) is 0 Å². The van der Waals surface area contributed by atoms with E-state index in [1.54, 1.807) is 18.2 Å². The average Bonchev–Trinajstić information content (AvgIpc) is 2.38. The maximum atomic E-state index is 11.0. The first kappa shape index (κ1) is 13.4. The van der Waals surface area contributed by atoms with E-state index in [9.17, 15) is 4.79 Å². The molecule has 4 nitrogen and oxygen atoms in total. The number of rotatable bonds is 4. The van der Waals surface area contributed by atoms with Crippen molar-refractivity contribution >= 4 is 23.2 Å². The molecule has 98 valence electrons. The molecule has 2 aromatic rings. The van der Waals surface area contributed by atoms with E-state index in [1.165, 1.54) is 0 Å². The monoisotopic (exact) mass is 275 g/mol. The van der Waals surface area contributed by atoms with Gasteiger partial charge in [-0.05, 0) is 36.8 Å². The molecule has 0 aliphatic rings. The first-order chi connectivity index (χ1) is 9.06. The maximum absolute atomic E-state index is 11.0. The summed E-state index contributed by atoms with van der Waals surface area (Å²) in [5.41, 5.74) is 8.53. The van der Waals surface area contributed by atoms with Crippen molar-refractivity contribution in [2.24, 2.45) is 5.73 Å². The van der Waals surface area contributed by atoms with Gasteiger partial charge in [-0.3, -0.25) is 4.79 Å². The molecule has 0 radical (unpaired) electrons. The summed E-state index contributed by atoms with van der Waals surface area (Å²) in [6.45, 7) is 2.54. The predicted molar refractivity (Wildman–Crippen MR) is 76.3 cm³/mol. The SMILES string of the molecule is Cc1nc(Cl)ccc1NCc1ccc(C(N)=O)cc1. The fraction of sp³-hybridized carbons (Fsp3) is 0.143. The maximum Gasteiger partial charge on any atom is 0.248 e. The third kappa shape index (κ3) is 3.45. The summed E-state index contributed by atoms with van der Waals surface area (Å²) in [5, 5.41) is 3.75. The summed E-state index contributed by atoms with van der Waals surface area (Å²) in [6, 6.07) is 10.8. The van der Waals surface area contributed by atoms with Crippen LogP contribution in [0.3, 0.4) is 0 Å². The molecular formula is C14H14ClN3O. The molecule has 0 spiro atoms. The molecule has 1 heterocycles. The molecule has 0 aliphatic carbocycles. The Hall–Kier alpha value is -2.07. The summed E-state index contributed by atoms with van der Waals surface area (Å²) in [4.78, 5) is 15.1. The number of amides is 1. The normalized spacial score (nSPS) is 10.2. The van der Waals surface area contributed by atoms with Crippen LogP contribution in [0.1, 0.15) is 21.6 Å². The van der Waals surface area contributed by atoms with Gasteiger partial charge in [-0.2, -0.15) is 0 Å². The van der Waals surface area contributed by atoms with Crippen LogP contribution in [0.5, 0.6) is 0 Å². The summed E-state index contributed by atoms with van der Waals surface area (Å²) in [6.07, 6.45) is 0. The van der Waals surface area contributed by atoms with Crippen LogP contribution in [0, 0.1) is 6.92 Å². The number of aromatic nitrogens is 1. The number of primary amides is 1. The first-order valence-corrected chi connectivity index (χ1v) is 6.20. The minimum Gasteiger partial charge on any atom is -0.380 e. The number of nitrogens with zero attached hydrogens (tertiary/aromatic N) is 1. The highest BCUT2D eigenvalue weighted by Crippen LogP contribution is 2.16. The topological polar surface area (TPSA) is 68.0 Å². The van der Waals surface area contributed by atoms with Crippen molar-refractivity contribution in [2.45, 2.75) is 13.5 Å². The third-order valence-electron chi connectivity index (χ3n) is 2.77. The Kier molecular flexibility index (Phi) is 4.02. The van der Waals surface area contributed by atoms with Crippen LogP contribution in [0.4, 0.5) is 5.69 Å². The number of nitrogens with two attached hydrogens (primary N) is 1. The van der Waals surface area contributed by atoms with E-state index in [0.717, 1.165) is 16.9 Å². The van der Waals surface area contributed by atoms with E-state index in [1.807, 2.05) is 25.1 Å². The Balaban J connectivity index is 2.04. The lowest BCUT2D eigenvalue weighted by Gasteiger charge is -2.09. The number of hydrogen-bond donors (Lipinski definition) is 2. The summed E-state index contributed by atoms with van der Waals surface area (Å²) < 4.78 is 0. The second kappa shape index (κ2) is 5.71. The number of nitrogens with one attached hydrogen (secondary N) is 1. The molecule has 0 saturated carbocycles. The molecule has 2 rings (SSSR count). The number of aryl methyl sites for hydroxylation is 1. The van der Waals surface area contributed by atoms with Gasteiger partial charge in [-0.15, -0.1) is 0 Å². The number of benzene rings is 1. The number of pyridine rings is 1. The van der Waals surface area contributed by atoms with Crippen LogP contribution in [-0.2, 0) is 6.54 Å². The molecule has 19 heavy (non-hydrogen) atoms. The third-order valence-corrected chi connectivity index (χ3v) is 2.98. The molecule has 0 fully saturated rings. The number of halogens is 1. The zero-order chi connectivity index (χ0) is 13.8. The van der Waals surface area contributed by atoms with E-state index in [2.05, 4.69) is 10.3 Å². The van der Waals surface area contributed by atoms with Gasteiger partial charge >= 0.3 is 0 Å². The van der Waals surface area contributed by atoms with E-state index in [-0.39, 0.29) is 0 Å². The lowest BCUT2D eigenvalue weighted by atomic mass is 10.1. The molecule has 0 unspecified atom stereocenters. The van der Waals surface area contributed by atoms with E-state index in [4.69, 9.17) is 17.3 Å². The number of carbonyl (C=O) groups is 1. The van der Waals surface area contributed by atoms with Gasteiger partial charge in [0.15, 0.2) is 0 Å². The van der Waals surface area contributed by atoms with Gasteiger partial charge in [0.05, 0.1) is 11.4 Å². The van der Waals surface area contributed by atoms with Gasteiger partial charge in [0.1, 0.15) is 5.15 Å². The van der Waals surface area contributed by atoms with Crippen LogP contribution < -0.4 is 11.1 Å². The molecule has 1 aromatic heterocycles. The van der Waals surface area contributed by atoms with Crippen molar-refractivity contribution in [1.82, 2.24) is 4.98 Å². The number of carbonyl (C=O) groups excluding carboxylic acids is 1. The van der Waals surface area contributed by atoms with Crippen molar-refractivity contribution in [1.29, 1.82) is 0 Å². The Labute approximate surface area is 116 Å². The van der Waals surface area contributed by atoms with E-state index >= 15 is 0 Å². The molecular weight excluding hydrogens is 262 g/mol. The lowest BCUT2D eigenvalue weighted by molar-refractivity contribution is 0.100. The molecule has 0 aliphatic heterocycles. The highest BCUT2D eigenvalue weighted by atomic mass is 35.5. The second-order valence-corrected chi connectivity index (χ2v) is 4.57. The van der Waals surface area contributed by atoms with Crippen LogP contribution in [0.15, 0.2) is 36.4 Å². The van der Waals surface area contributed by atoms with Gasteiger partial charge in [0.2, 0.25) is 5.91 Å². The fourth-order valence-corrected chi connectivity index (χ4v) is 1.89. The molecule has 5 heteroatoms. The zero-order valence-electron chi connectivity index (χ0n) is 10.5. The smallest absolute Gasteiger partial charge is 0.248 e. The summed E-state index contributed by atoms with van der Waals surface area (Å²) in [7, 11) is 0. The Morgan fingerprint density at radius 2 is 1.95 bits per heavy atom. The summed E-state index contributed by atoms with van der Waals surface area (Å²) in [5.74, 6) is -0.419. The van der Waals surface area contributed by atoms with E-state index < -0.39 is 5.91 Å². The standard InChI is InChI=1S/C14H14ClN3O/c1-9-12(6-7-13(15)18-9)17-8-10-2-4-11(5-3-10)14(16)19/h2-7,17H,8H2,1H3,(H2,16,19). The van der Waals surface area contributed by atoms with E-state index in [0.29, 0.717) is 17.3 Å². The fourth-order valence-electron chi connectivity index (χ4n) is 1.70. The van der Waals surface area contributed by atoms with Crippen LogP contribution in [0.25, 0.3) is 0 Å². The van der Waals surface area contributed by atoms with Gasteiger partial charge < -0.3 is 11.1 Å². The molecule has 3 N–H and O–H groups in total. The Morgan fingerprint density at radius 1 is 1.26 bits per heavy atom. The molecule has 1 aromatic carbocycles. The zero-order valence-corrected chi connectivity index (χ0v) is 11.2. The van der Waals surface area contributed by atoms with Crippen molar-refractivity contribution in [3.8, 4) is 0 Å². The predicted octanol–water partition coefficient (Wildman–Crippen LogP) is 2.75. The molecule has 1 amide bonds. The minimum atomic E-state index is -0.419. The highest BCUT2D eigenvalue weighted by molar-refractivity contribution is 6.29. The number of anilines is 1. The quantitative estimate of drug-likeness (QED) is 0.843. The minimum absolute atomic E-state index is 0.419. The lowest BCUT2D eigenvalue weighted by Crippen LogP contribution is -2.10. The average molecular weight is 276 g/mol. The Morgan fingerprint density at radius 3 is 2.53 bits per heavy atom. The Bertz CT molecular complexity index is 596. The van der Waals surface area contributed by atoms with Crippen LogP contribution >= 0.6 is 11.6 Å². The molecule has 0 bridgehead atoms. The first-order valence-electron chi connectivity index (χ1n) is 5.82. The van der Waals surface area contributed by atoms with Crippen molar-refractivity contribution in [2.75, 3.05) is 5.32 Å².